The third-order valence-corrected chi connectivity index (χ3v) is 13.8. The highest BCUT2D eigenvalue weighted by Crippen LogP contribution is 2.49. The van der Waals surface area contributed by atoms with E-state index in [9.17, 15) is 20.2 Å². The van der Waals surface area contributed by atoms with Gasteiger partial charge < -0.3 is 9.47 Å². The summed E-state index contributed by atoms with van der Waals surface area (Å²) in [6, 6.07) is 29.1. The lowest BCUT2D eigenvalue weighted by Gasteiger charge is -2.42. The molecular formula is C52H68N2O6. The molecule has 60 heavy (non-hydrogen) atoms. The number of unbranched alkanes of at least 4 members (excludes halogenated alkanes) is 11. The zero-order valence-corrected chi connectivity index (χ0v) is 36.1. The van der Waals surface area contributed by atoms with Crippen molar-refractivity contribution in [2.75, 3.05) is 0 Å². The molecule has 0 aromatic heterocycles. The fourth-order valence-electron chi connectivity index (χ4n) is 9.99. The SMILES string of the molecule is CCCCCCCCCCCCCCC1CCC(CCC2CCC(c3ccc(Oc4ccc([N+](=O)[O-])cc4)cc3)(c3ccc(Oc4ccc([N+](=O)[O-])cc4)cc3)CC2)CC1. The highest BCUT2D eigenvalue weighted by atomic mass is 16.6. The summed E-state index contributed by atoms with van der Waals surface area (Å²) in [7, 11) is 0. The molecule has 0 atom stereocenters. The quantitative estimate of drug-likeness (QED) is 0.0396. The van der Waals surface area contributed by atoms with Crippen molar-refractivity contribution in [3.63, 3.8) is 0 Å². The molecule has 0 amide bonds. The van der Waals surface area contributed by atoms with E-state index in [2.05, 4.69) is 31.2 Å². The minimum atomic E-state index is -0.410. The molecule has 0 N–H and O–H groups in total. The number of nitro benzene ring substituents is 2. The fraction of sp³-hybridized carbons (Fsp3) is 0.538. The molecule has 0 spiro atoms. The van der Waals surface area contributed by atoms with Crippen molar-refractivity contribution < 1.29 is 19.3 Å². The standard InChI is InChI=1S/C52H68N2O6/c1-2-3-4-5-6-7-8-9-10-11-12-13-14-41-15-17-42(18-16-41)19-20-43-37-39-52(40-38-43,44-21-29-48(30-22-44)59-50-33-25-46(26-34-50)53(55)56)45-23-31-49(32-24-45)60-51-35-27-47(28-36-51)54(57)58/h21-36,41-43H,2-20,37-40H2,1H3. The van der Waals surface area contributed by atoms with Crippen molar-refractivity contribution in [3.05, 3.63) is 128 Å². The highest BCUT2D eigenvalue weighted by molar-refractivity contribution is 5.46. The predicted octanol–water partition coefficient (Wildman–Crippen LogP) is 16.2. The Morgan fingerprint density at radius 1 is 0.450 bits per heavy atom. The van der Waals surface area contributed by atoms with E-state index in [4.69, 9.17) is 9.47 Å². The molecule has 0 saturated heterocycles. The van der Waals surface area contributed by atoms with Gasteiger partial charge in [0.1, 0.15) is 23.0 Å². The van der Waals surface area contributed by atoms with Gasteiger partial charge >= 0.3 is 0 Å². The lowest BCUT2D eigenvalue weighted by Crippen LogP contribution is -2.33. The lowest BCUT2D eigenvalue weighted by molar-refractivity contribution is -0.385. The average Bonchev–Trinajstić information content (AvgIpc) is 3.27. The fourth-order valence-corrected chi connectivity index (χ4v) is 9.99. The zero-order chi connectivity index (χ0) is 42.0. The Bertz CT molecular complexity index is 1760. The van der Waals surface area contributed by atoms with Gasteiger partial charge in [0.05, 0.1) is 9.85 Å². The van der Waals surface area contributed by atoms with Gasteiger partial charge in [0.2, 0.25) is 0 Å². The van der Waals surface area contributed by atoms with Gasteiger partial charge in [-0.15, -0.1) is 0 Å². The van der Waals surface area contributed by atoms with Crippen LogP contribution < -0.4 is 9.47 Å². The second kappa shape index (κ2) is 23.3. The molecule has 0 unspecified atom stereocenters. The number of nitrogens with zero attached hydrogens (tertiary/aromatic N) is 2. The Hall–Kier alpha value is -4.72. The van der Waals surface area contributed by atoms with Crippen LogP contribution in [0.2, 0.25) is 0 Å². The summed E-state index contributed by atoms with van der Waals surface area (Å²) in [6.45, 7) is 2.29. The van der Waals surface area contributed by atoms with Crippen LogP contribution >= 0.6 is 0 Å². The van der Waals surface area contributed by atoms with E-state index in [-0.39, 0.29) is 16.8 Å². The van der Waals surface area contributed by atoms with Crippen LogP contribution in [0.15, 0.2) is 97.1 Å². The van der Waals surface area contributed by atoms with Crippen LogP contribution in [0.4, 0.5) is 11.4 Å². The molecule has 8 heteroatoms. The number of ether oxygens (including phenoxy) is 2. The summed E-state index contributed by atoms with van der Waals surface area (Å²) >= 11 is 0. The van der Waals surface area contributed by atoms with Crippen LogP contribution in [0.1, 0.15) is 166 Å². The Morgan fingerprint density at radius 3 is 1.13 bits per heavy atom. The average molecular weight is 817 g/mol. The van der Waals surface area contributed by atoms with Gasteiger partial charge in [-0.1, -0.05) is 153 Å². The van der Waals surface area contributed by atoms with Crippen LogP contribution in [0.25, 0.3) is 0 Å². The van der Waals surface area contributed by atoms with E-state index in [0.717, 1.165) is 30.6 Å². The van der Waals surface area contributed by atoms with Crippen molar-refractivity contribution >= 4 is 11.4 Å². The molecule has 2 aliphatic rings. The van der Waals surface area contributed by atoms with E-state index in [1.54, 1.807) is 24.3 Å². The molecule has 4 aromatic rings. The van der Waals surface area contributed by atoms with E-state index in [1.807, 2.05) is 24.3 Å². The van der Waals surface area contributed by atoms with Gasteiger partial charge in [-0.05, 0) is 103 Å². The molecule has 2 saturated carbocycles. The maximum Gasteiger partial charge on any atom is 0.269 e. The van der Waals surface area contributed by atoms with Gasteiger partial charge in [-0.2, -0.15) is 0 Å². The third kappa shape index (κ3) is 13.4. The van der Waals surface area contributed by atoms with Gasteiger partial charge in [0, 0.05) is 29.7 Å². The van der Waals surface area contributed by atoms with Crippen molar-refractivity contribution in [2.45, 2.75) is 160 Å². The number of hydrogen-bond acceptors (Lipinski definition) is 6. The Labute approximate surface area is 358 Å². The van der Waals surface area contributed by atoms with E-state index < -0.39 is 9.85 Å². The number of nitro groups is 2. The minimum Gasteiger partial charge on any atom is -0.457 e. The number of benzene rings is 4. The van der Waals surface area contributed by atoms with Gasteiger partial charge in [0.15, 0.2) is 0 Å². The molecule has 4 aromatic carbocycles. The first kappa shape index (κ1) is 44.8. The van der Waals surface area contributed by atoms with Crippen molar-refractivity contribution in [1.82, 2.24) is 0 Å². The van der Waals surface area contributed by atoms with Gasteiger partial charge in [0.25, 0.3) is 11.4 Å². The summed E-state index contributed by atoms with van der Waals surface area (Å²) in [6.07, 6.45) is 31.5. The van der Waals surface area contributed by atoms with Crippen LogP contribution in [0.3, 0.4) is 0 Å². The van der Waals surface area contributed by atoms with Crippen LogP contribution in [-0.4, -0.2) is 9.85 Å². The lowest BCUT2D eigenvalue weighted by atomic mass is 9.62. The van der Waals surface area contributed by atoms with E-state index in [0.29, 0.717) is 23.0 Å². The van der Waals surface area contributed by atoms with Gasteiger partial charge in [-0.25, -0.2) is 0 Å². The summed E-state index contributed by atoms with van der Waals surface area (Å²) in [5, 5.41) is 22.2. The first-order valence-electron chi connectivity index (χ1n) is 23.4. The van der Waals surface area contributed by atoms with Crippen LogP contribution in [-0.2, 0) is 5.41 Å². The Morgan fingerprint density at radius 2 is 0.767 bits per heavy atom. The van der Waals surface area contributed by atoms with Crippen molar-refractivity contribution in [1.29, 1.82) is 0 Å². The monoisotopic (exact) mass is 817 g/mol. The first-order valence-corrected chi connectivity index (χ1v) is 23.4. The second-order valence-electron chi connectivity index (χ2n) is 17.9. The number of hydrogen-bond donors (Lipinski definition) is 0. The molecule has 0 bridgehead atoms. The second-order valence-corrected chi connectivity index (χ2v) is 17.9. The first-order chi connectivity index (χ1) is 29.3. The molecule has 2 fully saturated rings. The van der Waals surface area contributed by atoms with Crippen molar-refractivity contribution in [3.8, 4) is 23.0 Å². The molecule has 0 aliphatic heterocycles. The number of rotatable bonds is 24. The molecule has 322 valence electrons. The maximum absolute atomic E-state index is 11.1. The normalized spacial score (nSPS) is 17.9. The van der Waals surface area contributed by atoms with E-state index in [1.165, 1.54) is 170 Å². The largest absolute Gasteiger partial charge is 0.457 e. The Kier molecular flexibility index (Phi) is 17.4. The van der Waals surface area contributed by atoms with Gasteiger partial charge in [-0.3, -0.25) is 20.2 Å². The summed E-state index contributed by atoms with van der Waals surface area (Å²) in [4.78, 5) is 21.4. The van der Waals surface area contributed by atoms with Crippen molar-refractivity contribution in [2.24, 2.45) is 17.8 Å². The molecule has 6 rings (SSSR count). The highest BCUT2D eigenvalue weighted by Gasteiger charge is 2.38. The predicted molar refractivity (Wildman–Crippen MR) is 242 cm³/mol. The molecular weight excluding hydrogens is 749 g/mol. The maximum atomic E-state index is 11.1. The molecule has 8 nitrogen and oxygen atoms in total. The molecule has 0 heterocycles. The smallest absolute Gasteiger partial charge is 0.269 e. The van der Waals surface area contributed by atoms with Crippen LogP contribution in [0.5, 0.6) is 23.0 Å². The third-order valence-electron chi connectivity index (χ3n) is 13.8. The minimum absolute atomic E-state index is 0.0343. The van der Waals surface area contributed by atoms with Crippen LogP contribution in [0, 0.1) is 38.0 Å². The summed E-state index contributed by atoms with van der Waals surface area (Å²) < 4.78 is 12.2. The Balaban J connectivity index is 0.983. The topological polar surface area (TPSA) is 105 Å². The summed E-state index contributed by atoms with van der Waals surface area (Å²) in [5.74, 6) is 5.07. The molecule has 2 aliphatic carbocycles. The zero-order valence-electron chi connectivity index (χ0n) is 36.1. The van der Waals surface area contributed by atoms with E-state index >= 15 is 0 Å². The summed E-state index contributed by atoms with van der Waals surface area (Å²) in [5.41, 5.74) is 2.43. The molecule has 0 radical (unpaired) electrons. The number of non-ortho nitro benzene ring substituents is 2.